The molecule has 0 fully saturated rings. The average molecular weight is 380 g/mol. The summed E-state index contributed by atoms with van der Waals surface area (Å²) >= 11 is 0. The number of rotatable bonds is 7. The number of carbonyl (C=O) groups excluding carboxylic acids is 2. The van der Waals surface area contributed by atoms with E-state index in [1.54, 1.807) is 28.9 Å². The maximum Gasteiger partial charge on any atom is 0.261 e. The minimum atomic E-state index is -0.547. The molecule has 2 aromatic heterocycles. The van der Waals surface area contributed by atoms with Crippen molar-refractivity contribution in [1.82, 2.24) is 19.5 Å². The predicted octanol–water partition coefficient (Wildman–Crippen LogP) is 2.23. The molecule has 0 spiro atoms. The van der Waals surface area contributed by atoms with Crippen molar-refractivity contribution in [2.75, 3.05) is 18.4 Å². The first-order valence-electron chi connectivity index (χ1n) is 9.19. The molecule has 8 nitrogen and oxygen atoms in total. The molecule has 1 aromatic carbocycles. The zero-order valence-corrected chi connectivity index (χ0v) is 16.3. The van der Waals surface area contributed by atoms with Crippen LogP contribution in [0.1, 0.15) is 45.7 Å². The van der Waals surface area contributed by atoms with Crippen LogP contribution >= 0.6 is 0 Å². The van der Waals surface area contributed by atoms with E-state index in [-0.39, 0.29) is 5.91 Å². The lowest BCUT2D eigenvalue weighted by molar-refractivity contribution is 0.0996. The van der Waals surface area contributed by atoms with E-state index in [0.717, 1.165) is 30.8 Å². The molecule has 0 aliphatic heterocycles. The number of aryl methyl sites for hydroxylation is 1. The van der Waals surface area contributed by atoms with Gasteiger partial charge in [-0.1, -0.05) is 19.9 Å². The molecule has 0 unspecified atom stereocenters. The molecule has 0 aliphatic carbocycles. The van der Waals surface area contributed by atoms with Crippen LogP contribution in [0.25, 0.3) is 5.65 Å². The smallest absolute Gasteiger partial charge is 0.261 e. The lowest BCUT2D eigenvalue weighted by atomic mass is 10.1. The summed E-state index contributed by atoms with van der Waals surface area (Å²) in [5, 5.41) is 7.09. The Morgan fingerprint density at radius 2 is 1.96 bits per heavy atom. The summed E-state index contributed by atoms with van der Waals surface area (Å²) in [7, 11) is 0. The zero-order valence-electron chi connectivity index (χ0n) is 16.3. The van der Waals surface area contributed by atoms with E-state index in [1.165, 1.54) is 6.20 Å². The molecule has 28 heavy (non-hydrogen) atoms. The van der Waals surface area contributed by atoms with Crippen LogP contribution in [0.5, 0.6) is 0 Å². The number of hydrogen-bond acceptors (Lipinski definition) is 5. The highest BCUT2D eigenvalue weighted by atomic mass is 16.2. The SMILES string of the molecule is CCN(CC)Cc1cnc2c(C(=O)Nc3cc(C(N)=O)ccc3C)cnn2c1. The average Bonchev–Trinajstić information content (AvgIpc) is 3.10. The van der Waals surface area contributed by atoms with Crippen molar-refractivity contribution in [2.24, 2.45) is 5.73 Å². The first-order valence-corrected chi connectivity index (χ1v) is 9.19. The molecule has 2 amide bonds. The van der Waals surface area contributed by atoms with Gasteiger partial charge in [0.1, 0.15) is 5.56 Å². The van der Waals surface area contributed by atoms with E-state index in [9.17, 15) is 9.59 Å². The van der Waals surface area contributed by atoms with Crippen molar-refractivity contribution in [3.63, 3.8) is 0 Å². The highest BCUT2D eigenvalue weighted by Crippen LogP contribution is 2.19. The van der Waals surface area contributed by atoms with Gasteiger partial charge in [0.25, 0.3) is 5.91 Å². The lowest BCUT2D eigenvalue weighted by Gasteiger charge is -2.17. The number of nitrogens with one attached hydrogen (secondary N) is 1. The van der Waals surface area contributed by atoms with E-state index in [0.29, 0.717) is 22.5 Å². The van der Waals surface area contributed by atoms with Gasteiger partial charge in [0.05, 0.1) is 6.20 Å². The highest BCUT2D eigenvalue weighted by Gasteiger charge is 2.16. The van der Waals surface area contributed by atoms with E-state index in [4.69, 9.17) is 5.73 Å². The first-order chi connectivity index (χ1) is 13.4. The Balaban J connectivity index is 1.85. The Bertz CT molecular complexity index is 1020. The second-order valence-electron chi connectivity index (χ2n) is 6.60. The first kappa shape index (κ1) is 19.5. The Morgan fingerprint density at radius 3 is 2.64 bits per heavy atom. The molecule has 0 atom stereocenters. The van der Waals surface area contributed by atoms with Gasteiger partial charge in [-0.25, -0.2) is 9.50 Å². The number of benzene rings is 1. The van der Waals surface area contributed by atoms with Crippen LogP contribution in [0.3, 0.4) is 0 Å². The Morgan fingerprint density at radius 1 is 1.21 bits per heavy atom. The molecule has 146 valence electrons. The van der Waals surface area contributed by atoms with Gasteiger partial charge in [-0.3, -0.25) is 14.5 Å². The molecule has 0 bridgehead atoms. The van der Waals surface area contributed by atoms with Gasteiger partial charge in [-0.05, 0) is 37.7 Å². The fourth-order valence-electron chi connectivity index (χ4n) is 2.96. The van der Waals surface area contributed by atoms with Gasteiger partial charge in [0.2, 0.25) is 5.91 Å². The van der Waals surface area contributed by atoms with Crippen molar-refractivity contribution in [2.45, 2.75) is 27.3 Å². The van der Waals surface area contributed by atoms with Gasteiger partial charge in [-0.2, -0.15) is 5.10 Å². The fraction of sp³-hybridized carbons (Fsp3) is 0.300. The molecule has 3 N–H and O–H groups in total. The summed E-state index contributed by atoms with van der Waals surface area (Å²) in [5.41, 5.74) is 8.87. The molecular weight excluding hydrogens is 356 g/mol. The molecule has 3 aromatic rings. The Hall–Kier alpha value is -3.26. The molecule has 0 saturated heterocycles. The summed E-state index contributed by atoms with van der Waals surface area (Å²) in [5.74, 6) is -0.891. The van der Waals surface area contributed by atoms with Crippen molar-refractivity contribution in [1.29, 1.82) is 0 Å². The number of primary amides is 1. The normalized spacial score (nSPS) is 11.1. The third kappa shape index (κ3) is 4.01. The maximum absolute atomic E-state index is 12.7. The number of aromatic nitrogens is 3. The molecule has 0 aliphatic rings. The number of nitrogens with two attached hydrogens (primary N) is 1. The van der Waals surface area contributed by atoms with E-state index in [2.05, 4.69) is 34.1 Å². The minimum Gasteiger partial charge on any atom is -0.366 e. The van der Waals surface area contributed by atoms with Crippen LogP contribution in [0.15, 0.2) is 36.8 Å². The third-order valence-electron chi connectivity index (χ3n) is 4.73. The number of hydrogen-bond donors (Lipinski definition) is 2. The van der Waals surface area contributed by atoms with Crippen molar-refractivity contribution >= 4 is 23.1 Å². The fourth-order valence-corrected chi connectivity index (χ4v) is 2.96. The van der Waals surface area contributed by atoms with Crippen LogP contribution < -0.4 is 11.1 Å². The molecule has 2 heterocycles. The van der Waals surface area contributed by atoms with Gasteiger partial charge in [0, 0.05) is 35.8 Å². The summed E-state index contributed by atoms with van der Waals surface area (Å²) in [6, 6.07) is 4.93. The second-order valence-corrected chi connectivity index (χ2v) is 6.60. The molecular formula is C20H24N6O2. The predicted molar refractivity (Wildman–Crippen MR) is 107 cm³/mol. The lowest BCUT2D eigenvalue weighted by Crippen LogP contribution is -2.22. The summed E-state index contributed by atoms with van der Waals surface area (Å²) in [6.45, 7) is 8.74. The Labute approximate surface area is 163 Å². The van der Waals surface area contributed by atoms with Crippen molar-refractivity contribution in [3.05, 3.63) is 59.0 Å². The van der Waals surface area contributed by atoms with E-state index < -0.39 is 5.91 Å². The standard InChI is InChI=1S/C20H24N6O2/c1-4-25(5-2)11-14-9-22-19-16(10-23-26(19)12-14)20(28)24-17-8-15(18(21)27)7-6-13(17)3/h6-10,12H,4-5,11H2,1-3H3,(H2,21,27)(H,24,28). The van der Waals surface area contributed by atoms with Crippen LogP contribution in [0, 0.1) is 6.92 Å². The third-order valence-corrected chi connectivity index (χ3v) is 4.73. The van der Waals surface area contributed by atoms with Crippen LogP contribution in [0.4, 0.5) is 5.69 Å². The number of nitrogens with zero attached hydrogens (tertiary/aromatic N) is 4. The van der Waals surface area contributed by atoms with Gasteiger partial charge >= 0.3 is 0 Å². The van der Waals surface area contributed by atoms with Crippen LogP contribution in [0.2, 0.25) is 0 Å². The van der Waals surface area contributed by atoms with Gasteiger partial charge < -0.3 is 11.1 Å². The summed E-state index contributed by atoms with van der Waals surface area (Å²) < 4.78 is 1.61. The molecule has 0 radical (unpaired) electrons. The van der Waals surface area contributed by atoms with Gasteiger partial charge in [-0.15, -0.1) is 0 Å². The summed E-state index contributed by atoms with van der Waals surface area (Å²) in [6.07, 6.45) is 5.15. The quantitative estimate of drug-likeness (QED) is 0.654. The van der Waals surface area contributed by atoms with Crippen LogP contribution in [-0.4, -0.2) is 44.4 Å². The Kier molecular flexibility index (Phi) is 5.70. The van der Waals surface area contributed by atoms with Crippen molar-refractivity contribution < 1.29 is 9.59 Å². The van der Waals surface area contributed by atoms with Crippen LogP contribution in [-0.2, 0) is 6.54 Å². The molecule has 0 saturated carbocycles. The zero-order chi connectivity index (χ0) is 20.3. The van der Waals surface area contributed by atoms with E-state index >= 15 is 0 Å². The van der Waals surface area contributed by atoms with E-state index in [1.807, 2.05) is 13.1 Å². The highest BCUT2D eigenvalue weighted by molar-refractivity contribution is 6.09. The number of amides is 2. The minimum absolute atomic E-state index is 0.333. The molecule has 8 heteroatoms. The van der Waals surface area contributed by atoms with Gasteiger partial charge in [0.15, 0.2) is 5.65 Å². The molecule has 3 rings (SSSR count). The van der Waals surface area contributed by atoms with Crippen molar-refractivity contribution in [3.8, 4) is 0 Å². The second kappa shape index (κ2) is 8.18. The monoisotopic (exact) mass is 380 g/mol. The number of anilines is 1. The number of carbonyl (C=O) groups is 2. The maximum atomic E-state index is 12.7. The summed E-state index contributed by atoms with van der Waals surface area (Å²) in [4.78, 5) is 30.8. The topological polar surface area (TPSA) is 106 Å². The number of fused-ring (bicyclic) bond motifs is 1. The largest absolute Gasteiger partial charge is 0.366 e.